The van der Waals surface area contributed by atoms with E-state index in [0.29, 0.717) is 22.0 Å². The Kier molecular flexibility index (Phi) is 5.86. The van der Waals surface area contributed by atoms with Crippen LogP contribution in [0.1, 0.15) is 27.0 Å². The summed E-state index contributed by atoms with van der Waals surface area (Å²) in [5.74, 6) is -0.283. The summed E-state index contributed by atoms with van der Waals surface area (Å²) in [5.41, 5.74) is 3.44. The Bertz CT molecular complexity index is 1460. The van der Waals surface area contributed by atoms with Crippen molar-refractivity contribution in [2.75, 3.05) is 0 Å². The fraction of sp³-hybridized carbons (Fsp3) is 0.0833. The highest BCUT2D eigenvalue weighted by atomic mass is 35.5. The highest BCUT2D eigenvalue weighted by Gasteiger charge is 2.20. The smallest absolute Gasteiger partial charge is 0.268 e. The molecule has 0 bridgehead atoms. The minimum Gasteiger partial charge on any atom is -0.268 e. The van der Waals surface area contributed by atoms with Crippen molar-refractivity contribution < 1.29 is 13.2 Å². The van der Waals surface area contributed by atoms with Gasteiger partial charge in [0.2, 0.25) is 0 Å². The molecule has 0 spiro atoms. The number of sulfonamides is 1. The fourth-order valence-corrected chi connectivity index (χ4v) is 4.50. The molecule has 162 valence electrons. The Labute approximate surface area is 191 Å². The predicted octanol–water partition coefficient (Wildman–Crippen LogP) is 4.91. The van der Waals surface area contributed by atoms with E-state index in [1.54, 1.807) is 42.5 Å². The molecular formula is C24H20ClN3O3S. The lowest BCUT2D eigenvalue weighted by atomic mass is 10.1. The molecule has 0 radical (unpaired) electrons. The summed E-state index contributed by atoms with van der Waals surface area (Å²) >= 11 is 6.59. The van der Waals surface area contributed by atoms with Crippen LogP contribution in [-0.2, 0) is 10.0 Å². The highest BCUT2D eigenvalue weighted by molar-refractivity contribution is 7.89. The van der Waals surface area contributed by atoms with Crippen molar-refractivity contribution in [1.29, 1.82) is 0 Å². The van der Waals surface area contributed by atoms with Gasteiger partial charge in [-0.05, 0) is 44.2 Å². The number of nitrogens with zero attached hydrogens (tertiary/aromatic N) is 2. The van der Waals surface area contributed by atoms with Gasteiger partial charge in [-0.3, -0.25) is 9.36 Å². The number of aromatic nitrogens is 1. The normalized spacial score (nSPS) is 11.8. The monoisotopic (exact) mass is 465 g/mol. The maximum Gasteiger partial charge on any atom is 0.276 e. The second-order valence-corrected chi connectivity index (χ2v) is 9.42. The summed E-state index contributed by atoms with van der Waals surface area (Å²) in [7, 11) is -3.84. The van der Waals surface area contributed by atoms with E-state index in [4.69, 9.17) is 11.6 Å². The number of aryl methyl sites for hydroxylation is 2. The van der Waals surface area contributed by atoms with Gasteiger partial charge in [0.15, 0.2) is 0 Å². The van der Waals surface area contributed by atoms with Crippen molar-refractivity contribution >= 4 is 44.6 Å². The number of hydrogen-bond acceptors (Lipinski definition) is 4. The molecule has 1 heterocycles. The summed E-state index contributed by atoms with van der Waals surface area (Å²) in [5, 5.41) is 4.74. The first-order valence-electron chi connectivity index (χ1n) is 9.80. The quantitative estimate of drug-likeness (QED) is 0.336. The van der Waals surface area contributed by atoms with Gasteiger partial charge < -0.3 is 0 Å². The number of carbonyl (C=O) groups is 1. The third kappa shape index (κ3) is 4.17. The number of benzene rings is 3. The Hall–Kier alpha value is -3.42. The SMILES string of the molecule is Cc1ccc(S(=O)(=O)N/N=C/c2c(Cl)n(C(=O)c3cccc(C)c3)c3ccccc23)cc1. The molecule has 0 unspecified atom stereocenters. The molecule has 0 saturated carbocycles. The first kappa shape index (κ1) is 21.8. The second kappa shape index (κ2) is 8.61. The van der Waals surface area contributed by atoms with Crippen LogP contribution in [0.3, 0.4) is 0 Å². The van der Waals surface area contributed by atoms with Crippen LogP contribution in [-0.4, -0.2) is 25.1 Å². The van der Waals surface area contributed by atoms with Crippen molar-refractivity contribution in [2.24, 2.45) is 5.10 Å². The zero-order valence-corrected chi connectivity index (χ0v) is 19.0. The van der Waals surface area contributed by atoms with Crippen LogP contribution in [0.4, 0.5) is 0 Å². The summed E-state index contributed by atoms with van der Waals surface area (Å²) in [6.45, 7) is 3.78. The van der Waals surface area contributed by atoms with Crippen LogP contribution < -0.4 is 4.83 Å². The average molecular weight is 466 g/mol. The zero-order valence-electron chi connectivity index (χ0n) is 17.4. The third-order valence-corrected chi connectivity index (χ3v) is 6.63. The molecule has 1 N–H and O–H groups in total. The summed E-state index contributed by atoms with van der Waals surface area (Å²) < 4.78 is 26.4. The number of nitrogens with one attached hydrogen (secondary N) is 1. The molecule has 0 aliphatic carbocycles. The molecule has 0 aliphatic heterocycles. The van der Waals surface area contributed by atoms with Crippen molar-refractivity contribution in [3.05, 3.63) is 100 Å². The lowest BCUT2D eigenvalue weighted by Crippen LogP contribution is -2.18. The first-order chi connectivity index (χ1) is 15.3. The molecule has 0 aliphatic rings. The molecule has 0 fully saturated rings. The molecule has 4 aromatic rings. The van der Waals surface area contributed by atoms with Gasteiger partial charge in [-0.2, -0.15) is 13.5 Å². The Morgan fingerprint density at radius 2 is 1.69 bits per heavy atom. The number of para-hydroxylation sites is 1. The summed E-state index contributed by atoms with van der Waals surface area (Å²) in [6, 6.07) is 20.9. The average Bonchev–Trinajstić information content (AvgIpc) is 3.05. The van der Waals surface area contributed by atoms with Gasteiger partial charge in [0.1, 0.15) is 5.15 Å². The van der Waals surface area contributed by atoms with Crippen LogP contribution in [0.5, 0.6) is 0 Å². The van der Waals surface area contributed by atoms with E-state index in [-0.39, 0.29) is 16.0 Å². The molecule has 0 amide bonds. The molecule has 6 nitrogen and oxygen atoms in total. The molecule has 0 atom stereocenters. The predicted molar refractivity (Wildman–Crippen MR) is 127 cm³/mol. The third-order valence-electron chi connectivity index (χ3n) is 5.02. The van der Waals surface area contributed by atoms with Gasteiger partial charge >= 0.3 is 0 Å². The van der Waals surface area contributed by atoms with Crippen LogP contribution in [0, 0.1) is 13.8 Å². The van der Waals surface area contributed by atoms with Gasteiger partial charge in [-0.25, -0.2) is 4.83 Å². The van der Waals surface area contributed by atoms with Gasteiger partial charge in [-0.1, -0.05) is 65.2 Å². The minimum absolute atomic E-state index is 0.100. The van der Waals surface area contributed by atoms with Crippen LogP contribution in [0.25, 0.3) is 10.9 Å². The van der Waals surface area contributed by atoms with E-state index >= 15 is 0 Å². The van der Waals surface area contributed by atoms with Gasteiger partial charge in [0.05, 0.1) is 16.6 Å². The molecule has 8 heteroatoms. The number of carbonyl (C=O) groups excluding carboxylic acids is 1. The van der Waals surface area contributed by atoms with E-state index in [1.165, 1.54) is 22.9 Å². The fourth-order valence-electron chi connectivity index (χ4n) is 3.39. The Morgan fingerprint density at radius 3 is 2.41 bits per heavy atom. The second-order valence-electron chi connectivity index (χ2n) is 7.40. The number of fused-ring (bicyclic) bond motifs is 1. The maximum absolute atomic E-state index is 13.2. The largest absolute Gasteiger partial charge is 0.276 e. The Morgan fingerprint density at radius 1 is 0.969 bits per heavy atom. The Balaban J connectivity index is 1.72. The van der Waals surface area contributed by atoms with Crippen molar-refractivity contribution in [2.45, 2.75) is 18.7 Å². The molecular weight excluding hydrogens is 446 g/mol. The molecule has 32 heavy (non-hydrogen) atoms. The van der Waals surface area contributed by atoms with Gasteiger partial charge in [0, 0.05) is 16.5 Å². The van der Waals surface area contributed by atoms with E-state index in [1.807, 2.05) is 32.0 Å². The number of hydrogen-bond donors (Lipinski definition) is 1. The molecule has 1 aromatic heterocycles. The lowest BCUT2D eigenvalue weighted by molar-refractivity contribution is 0.0965. The van der Waals surface area contributed by atoms with E-state index in [2.05, 4.69) is 9.93 Å². The number of hydrazone groups is 1. The molecule has 3 aromatic carbocycles. The van der Waals surface area contributed by atoms with E-state index < -0.39 is 10.0 Å². The van der Waals surface area contributed by atoms with Gasteiger partial charge in [0.25, 0.3) is 15.9 Å². The zero-order chi connectivity index (χ0) is 22.9. The maximum atomic E-state index is 13.2. The topological polar surface area (TPSA) is 80.5 Å². The van der Waals surface area contributed by atoms with Crippen LogP contribution in [0.15, 0.2) is 82.8 Å². The first-order valence-corrected chi connectivity index (χ1v) is 11.7. The molecule has 0 saturated heterocycles. The van der Waals surface area contributed by atoms with E-state index in [0.717, 1.165) is 11.1 Å². The van der Waals surface area contributed by atoms with E-state index in [9.17, 15) is 13.2 Å². The molecule has 4 rings (SSSR count). The number of rotatable bonds is 5. The van der Waals surface area contributed by atoms with Crippen LogP contribution in [0.2, 0.25) is 5.15 Å². The van der Waals surface area contributed by atoms with Crippen molar-refractivity contribution in [3.8, 4) is 0 Å². The standard InChI is InChI=1S/C24H20ClN3O3S/c1-16-10-12-19(13-11-16)32(30,31)27-26-15-21-20-8-3-4-9-22(20)28(23(21)25)24(29)18-7-5-6-17(2)14-18/h3-15,27H,1-2H3/b26-15+. The lowest BCUT2D eigenvalue weighted by Gasteiger charge is -2.06. The van der Waals surface area contributed by atoms with Gasteiger partial charge in [-0.15, -0.1) is 0 Å². The van der Waals surface area contributed by atoms with Crippen molar-refractivity contribution in [3.63, 3.8) is 0 Å². The van der Waals surface area contributed by atoms with Crippen LogP contribution >= 0.6 is 11.6 Å². The highest BCUT2D eigenvalue weighted by Crippen LogP contribution is 2.30. The summed E-state index contributed by atoms with van der Waals surface area (Å²) in [4.78, 5) is 15.5. The van der Waals surface area contributed by atoms with Crippen molar-refractivity contribution in [1.82, 2.24) is 9.40 Å². The minimum atomic E-state index is -3.84. The number of halogens is 1. The summed E-state index contributed by atoms with van der Waals surface area (Å²) in [6.07, 6.45) is 1.32.